The number of hydrogen-bond donors (Lipinski definition) is 0. The van der Waals surface area contributed by atoms with Crippen LogP contribution in [-0.2, 0) is 19.1 Å². The quantitative estimate of drug-likeness (QED) is 0.366. The highest BCUT2D eigenvalue weighted by molar-refractivity contribution is 6.00. The van der Waals surface area contributed by atoms with Gasteiger partial charge >= 0.3 is 11.9 Å². The fourth-order valence-electron chi connectivity index (χ4n) is 1.62. The Morgan fingerprint density at radius 2 is 2.18 bits per heavy atom. The van der Waals surface area contributed by atoms with Crippen LogP contribution < -0.4 is 0 Å². The van der Waals surface area contributed by atoms with Crippen LogP contribution in [0.2, 0.25) is 0 Å². The lowest BCUT2D eigenvalue weighted by atomic mass is 9.88. The minimum Gasteiger partial charge on any atom is -0.391 e. The van der Waals surface area contributed by atoms with Crippen LogP contribution in [0.5, 0.6) is 0 Å². The predicted octanol–water partition coefficient (Wildman–Crippen LogP) is 0.00750. The molecule has 2 aliphatic rings. The lowest BCUT2D eigenvalue weighted by Crippen LogP contribution is -2.52. The van der Waals surface area contributed by atoms with Gasteiger partial charge in [0.25, 0.3) is 0 Å². The summed E-state index contributed by atoms with van der Waals surface area (Å²) in [6, 6.07) is 0. The maximum atomic E-state index is 11.0. The minimum absolute atomic E-state index is 0.0773. The summed E-state index contributed by atoms with van der Waals surface area (Å²) in [6.07, 6.45) is 0.779. The molecule has 4 nitrogen and oxygen atoms in total. The van der Waals surface area contributed by atoms with E-state index in [-0.39, 0.29) is 12.5 Å². The average molecular weight is 156 g/mol. The predicted molar refractivity (Wildman–Crippen MR) is 33.6 cm³/mol. The Morgan fingerprint density at radius 1 is 1.55 bits per heavy atom. The zero-order valence-corrected chi connectivity index (χ0v) is 6.12. The SMILES string of the molecule is CC1CC2(CC(=O)OC2=O)O1. The third-order valence-electron chi connectivity index (χ3n) is 2.05. The summed E-state index contributed by atoms with van der Waals surface area (Å²) in [7, 11) is 0. The maximum Gasteiger partial charge on any atom is 0.346 e. The molecule has 2 saturated heterocycles. The molecule has 4 heteroatoms. The van der Waals surface area contributed by atoms with E-state index >= 15 is 0 Å². The molecule has 60 valence electrons. The van der Waals surface area contributed by atoms with Crippen LogP contribution in [0.1, 0.15) is 19.8 Å². The zero-order valence-electron chi connectivity index (χ0n) is 6.12. The molecule has 2 aliphatic heterocycles. The van der Waals surface area contributed by atoms with Crippen molar-refractivity contribution < 1.29 is 19.1 Å². The monoisotopic (exact) mass is 156 g/mol. The Bertz CT molecular complexity index is 227. The van der Waals surface area contributed by atoms with Gasteiger partial charge in [-0.15, -0.1) is 0 Å². The standard InChI is InChI=1S/C7H8O4/c1-4-2-7(11-4)3-5(8)10-6(7)9/h4H,2-3H2,1H3. The van der Waals surface area contributed by atoms with E-state index in [0.717, 1.165) is 0 Å². The number of ether oxygens (including phenoxy) is 2. The van der Waals surface area contributed by atoms with Crippen molar-refractivity contribution >= 4 is 11.9 Å². The van der Waals surface area contributed by atoms with E-state index in [1.54, 1.807) is 0 Å². The molecule has 2 heterocycles. The summed E-state index contributed by atoms with van der Waals surface area (Å²) < 4.78 is 9.54. The first-order valence-electron chi connectivity index (χ1n) is 3.55. The van der Waals surface area contributed by atoms with Crippen LogP contribution in [-0.4, -0.2) is 23.6 Å². The second-order valence-corrected chi connectivity index (χ2v) is 3.07. The Morgan fingerprint density at radius 3 is 2.55 bits per heavy atom. The molecule has 0 aliphatic carbocycles. The van der Waals surface area contributed by atoms with Gasteiger partial charge in [-0.1, -0.05) is 0 Å². The van der Waals surface area contributed by atoms with Crippen molar-refractivity contribution in [1.29, 1.82) is 0 Å². The smallest absolute Gasteiger partial charge is 0.346 e. The van der Waals surface area contributed by atoms with Crippen molar-refractivity contribution in [2.45, 2.75) is 31.5 Å². The number of rotatable bonds is 0. The third-order valence-corrected chi connectivity index (χ3v) is 2.05. The van der Waals surface area contributed by atoms with Crippen LogP contribution in [0.4, 0.5) is 0 Å². The minimum atomic E-state index is -0.892. The Hall–Kier alpha value is -0.900. The molecule has 2 unspecified atom stereocenters. The summed E-state index contributed by atoms with van der Waals surface area (Å²) >= 11 is 0. The van der Waals surface area contributed by atoms with E-state index in [4.69, 9.17) is 4.74 Å². The van der Waals surface area contributed by atoms with Gasteiger partial charge in [-0.25, -0.2) is 4.79 Å². The summed E-state index contributed by atoms with van der Waals surface area (Å²) in [4.78, 5) is 21.6. The van der Waals surface area contributed by atoms with Gasteiger partial charge in [0.2, 0.25) is 0 Å². The van der Waals surface area contributed by atoms with Gasteiger partial charge in [0, 0.05) is 6.42 Å². The van der Waals surface area contributed by atoms with Crippen molar-refractivity contribution in [3.05, 3.63) is 0 Å². The molecule has 0 N–H and O–H groups in total. The molecular weight excluding hydrogens is 148 g/mol. The molecule has 2 rings (SSSR count). The number of carbonyl (C=O) groups is 2. The Kier molecular flexibility index (Phi) is 1.12. The van der Waals surface area contributed by atoms with Crippen LogP contribution in [0, 0.1) is 0 Å². The fourth-order valence-corrected chi connectivity index (χ4v) is 1.62. The first-order valence-corrected chi connectivity index (χ1v) is 3.55. The molecule has 0 aromatic carbocycles. The van der Waals surface area contributed by atoms with Crippen LogP contribution in [0.25, 0.3) is 0 Å². The molecule has 0 aromatic rings. The molecule has 0 amide bonds. The molecule has 0 saturated carbocycles. The lowest BCUT2D eigenvalue weighted by molar-refractivity contribution is -0.204. The van der Waals surface area contributed by atoms with Crippen molar-refractivity contribution in [3.63, 3.8) is 0 Å². The number of cyclic esters (lactones) is 2. The van der Waals surface area contributed by atoms with Crippen molar-refractivity contribution in [1.82, 2.24) is 0 Å². The topological polar surface area (TPSA) is 52.6 Å². The van der Waals surface area contributed by atoms with Crippen LogP contribution >= 0.6 is 0 Å². The Balaban J connectivity index is 2.16. The number of esters is 2. The molecule has 0 aromatic heterocycles. The van der Waals surface area contributed by atoms with Gasteiger partial charge in [-0.2, -0.15) is 0 Å². The molecule has 0 radical (unpaired) electrons. The third kappa shape index (κ3) is 0.790. The van der Waals surface area contributed by atoms with E-state index in [9.17, 15) is 9.59 Å². The zero-order chi connectivity index (χ0) is 8.06. The number of hydrogen-bond acceptors (Lipinski definition) is 4. The van der Waals surface area contributed by atoms with Gasteiger partial charge in [0.1, 0.15) is 0 Å². The van der Waals surface area contributed by atoms with Gasteiger partial charge in [0.05, 0.1) is 12.5 Å². The molecular formula is C7H8O4. The summed E-state index contributed by atoms with van der Waals surface area (Å²) in [5.41, 5.74) is -0.892. The van der Waals surface area contributed by atoms with Crippen LogP contribution in [0.3, 0.4) is 0 Å². The van der Waals surface area contributed by atoms with E-state index < -0.39 is 17.5 Å². The van der Waals surface area contributed by atoms with Gasteiger partial charge in [-0.05, 0) is 6.92 Å². The first-order chi connectivity index (χ1) is 5.12. The van der Waals surface area contributed by atoms with Gasteiger partial charge in [-0.3, -0.25) is 4.79 Å². The Labute approximate surface area is 63.5 Å². The van der Waals surface area contributed by atoms with Crippen molar-refractivity contribution in [2.24, 2.45) is 0 Å². The first kappa shape index (κ1) is 6.79. The van der Waals surface area contributed by atoms with E-state index in [1.165, 1.54) is 0 Å². The molecule has 2 fully saturated rings. The largest absolute Gasteiger partial charge is 0.391 e. The van der Waals surface area contributed by atoms with E-state index in [0.29, 0.717) is 6.42 Å². The van der Waals surface area contributed by atoms with Crippen LogP contribution in [0.15, 0.2) is 0 Å². The second-order valence-electron chi connectivity index (χ2n) is 3.07. The molecule has 11 heavy (non-hydrogen) atoms. The molecule has 0 bridgehead atoms. The average Bonchev–Trinajstić information content (AvgIpc) is 2.06. The van der Waals surface area contributed by atoms with Gasteiger partial charge < -0.3 is 9.47 Å². The second kappa shape index (κ2) is 1.82. The normalized spacial score (nSPS) is 42.5. The summed E-state index contributed by atoms with van der Waals surface area (Å²) in [5.74, 6) is -0.984. The fraction of sp³-hybridized carbons (Fsp3) is 0.714. The highest BCUT2D eigenvalue weighted by Crippen LogP contribution is 2.40. The highest BCUT2D eigenvalue weighted by Gasteiger charge is 2.57. The molecule has 1 spiro atoms. The summed E-state index contributed by atoms with van der Waals surface area (Å²) in [5, 5.41) is 0. The lowest BCUT2D eigenvalue weighted by Gasteiger charge is -2.39. The summed E-state index contributed by atoms with van der Waals surface area (Å²) in [6.45, 7) is 1.86. The van der Waals surface area contributed by atoms with E-state index in [1.807, 2.05) is 6.92 Å². The van der Waals surface area contributed by atoms with E-state index in [2.05, 4.69) is 4.74 Å². The van der Waals surface area contributed by atoms with Crippen molar-refractivity contribution in [3.8, 4) is 0 Å². The number of carbonyl (C=O) groups excluding carboxylic acids is 2. The van der Waals surface area contributed by atoms with Gasteiger partial charge in [0.15, 0.2) is 5.60 Å². The molecule has 2 atom stereocenters. The highest BCUT2D eigenvalue weighted by atomic mass is 16.6. The van der Waals surface area contributed by atoms with Crippen molar-refractivity contribution in [2.75, 3.05) is 0 Å². The maximum absolute atomic E-state index is 11.0.